The number of aromatic nitrogens is 1. The van der Waals surface area contributed by atoms with E-state index in [1.54, 1.807) is 0 Å². The third kappa shape index (κ3) is 3.35. The molecule has 2 heterocycles. The van der Waals surface area contributed by atoms with E-state index in [4.69, 9.17) is 4.42 Å². The van der Waals surface area contributed by atoms with Crippen LogP contribution in [0.15, 0.2) is 150 Å². The predicted molar refractivity (Wildman–Crippen MR) is 167 cm³/mol. The summed E-state index contributed by atoms with van der Waals surface area (Å²) in [6.45, 7) is 0. The quantitative estimate of drug-likeness (QED) is 0.213. The van der Waals surface area contributed by atoms with E-state index in [1.165, 1.54) is 10.8 Å². The van der Waals surface area contributed by atoms with E-state index in [2.05, 4.69) is 71.3 Å². The Morgan fingerprint density at radius 1 is 0.450 bits per heavy atom. The van der Waals surface area contributed by atoms with E-state index in [9.17, 15) is 0 Å². The molecule has 0 N–H and O–H groups in total. The zero-order valence-corrected chi connectivity index (χ0v) is 22.5. The van der Waals surface area contributed by atoms with E-state index in [0.29, 0.717) is 0 Å². The standard InChI is InChI=1S/C36H24NO2P/c38-40(26-11-3-1-4-12-26,27-13-5-2-6-14-27)28-20-22-36-32(24-28)31-23-25(19-21-35(31)39-36)37-33-17-9-7-15-29(33)30-16-8-10-18-34(30)37/h1-24H. The number of hydrogen-bond acceptors (Lipinski definition) is 2. The Kier molecular flexibility index (Phi) is 5.10. The van der Waals surface area contributed by atoms with Crippen molar-refractivity contribution >= 4 is 66.8 Å². The number of hydrogen-bond donors (Lipinski definition) is 0. The van der Waals surface area contributed by atoms with Crippen LogP contribution >= 0.6 is 7.14 Å². The molecule has 0 bridgehead atoms. The smallest absolute Gasteiger partial charge is 0.171 e. The first kappa shape index (κ1) is 23.1. The highest BCUT2D eigenvalue weighted by Gasteiger charge is 2.30. The highest BCUT2D eigenvalue weighted by atomic mass is 31.2. The van der Waals surface area contributed by atoms with Crippen LogP contribution in [-0.2, 0) is 4.57 Å². The lowest BCUT2D eigenvalue weighted by Crippen LogP contribution is -2.24. The van der Waals surface area contributed by atoms with Gasteiger partial charge in [-0.05, 0) is 48.5 Å². The molecule has 8 rings (SSSR count). The summed E-state index contributed by atoms with van der Waals surface area (Å²) in [5.41, 5.74) is 4.98. The van der Waals surface area contributed by atoms with Crippen molar-refractivity contribution in [3.05, 3.63) is 146 Å². The van der Waals surface area contributed by atoms with Crippen molar-refractivity contribution in [2.45, 2.75) is 0 Å². The van der Waals surface area contributed by atoms with E-state index in [1.807, 2.05) is 78.9 Å². The topological polar surface area (TPSA) is 35.1 Å². The summed E-state index contributed by atoms with van der Waals surface area (Å²) < 4.78 is 23.6. The Hall–Kier alpha value is -4.85. The molecule has 0 fully saturated rings. The average molecular weight is 534 g/mol. The molecule has 190 valence electrons. The number of furan rings is 1. The predicted octanol–water partition coefficient (Wildman–Crippen LogP) is 8.32. The van der Waals surface area contributed by atoms with E-state index in [0.717, 1.165) is 54.6 Å². The molecule has 0 aliphatic rings. The maximum atomic E-state index is 15.0. The van der Waals surface area contributed by atoms with Gasteiger partial charge in [-0.2, -0.15) is 0 Å². The number of benzene rings is 6. The van der Waals surface area contributed by atoms with Gasteiger partial charge >= 0.3 is 0 Å². The third-order valence-electron chi connectivity index (χ3n) is 7.88. The number of para-hydroxylation sites is 2. The van der Waals surface area contributed by atoms with Crippen molar-refractivity contribution in [3.63, 3.8) is 0 Å². The first-order chi connectivity index (χ1) is 19.7. The summed E-state index contributed by atoms with van der Waals surface area (Å²) in [5.74, 6) is 0. The molecule has 6 aromatic carbocycles. The Bertz CT molecular complexity index is 2150. The van der Waals surface area contributed by atoms with Crippen LogP contribution in [0.3, 0.4) is 0 Å². The van der Waals surface area contributed by atoms with Crippen LogP contribution < -0.4 is 15.9 Å². The second-order valence-corrected chi connectivity index (χ2v) is 12.9. The molecule has 0 saturated heterocycles. The van der Waals surface area contributed by atoms with Crippen LogP contribution in [0.2, 0.25) is 0 Å². The largest absolute Gasteiger partial charge is 0.456 e. The van der Waals surface area contributed by atoms with E-state index >= 15 is 4.57 Å². The fourth-order valence-electron chi connectivity index (χ4n) is 6.01. The molecule has 0 aliphatic carbocycles. The van der Waals surface area contributed by atoms with Gasteiger partial charge in [0.2, 0.25) is 0 Å². The van der Waals surface area contributed by atoms with Crippen LogP contribution in [0.1, 0.15) is 0 Å². The molecule has 0 atom stereocenters. The molecular formula is C36H24NO2P. The van der Waals surface area contributed by atoms with Crippen LogP contribution in [0, 0.1) is 0 Å². The van der Waals surface area contributed by atoms with Crippen molar-refractivity contribution in [3.8, 4) is 5.69 Å². The summed E-state index contributed by atoms with van der Waals surface area (Å²) in [5, 5.41) is 6.85. The summed E-state index contributed by atoms with van der Waals surface area (Å²) in [4.78, 5) is 0. The second kappa shape index (κ2) is 8.84. The fourth-order valence-corrected chi connectivity index (χ4v) is 8.69. The third-order valence-corrected chi connectivity index (χ3v) is 10.9. The molecule has 0 amide bonds. The lowest BCUT2D eigenvalue weighted by atomic mass is 10.1. The molecular weight excluding hydrogens is 509 g/mol. The molecule has 0 saturated carbocycles. The van der Waals surface area contributed by atoms with Crippen LogP contribution in [0.4, 0.5) is 0 Å². The zero-order valence-electron chi connectivity index (χ0n) is 21.6. The molecule has 0 radical (unpaired) electrons. The highest BCUT2D eigenvalue weighted by molar-refractivity contribution is 7.85. The van der Waals surface area contributed by atoms with Gasteiger partial charge in [0.05, 0.1) is 11.0 Å². The van der Waals surface area contributed by atoms with Crippen molar-refractivity contribution in [2.24, 2.45) is 0 Å². The number of rotatable bonds is 4. The maximum Gasteiger partial charge on any atom is 0.171 e. The van der Waals surface area contributed by atoms with Gasteiger partial charge in [-0.1, -0.05) is 97.1 Å². The van der Waals surface area contributed by atoms with Crippen molar-refractivity contribution < 1.29 is 8.98 Å². The number of nitrogens with zero attached hydrogens (tertiary/aromatic N) is 1. The van der Waals surface area contributed by atoms with Crippen molar-refractivity contribution in [2.75, 3.05) is 0 Å². The first-order valence-corrected chi connectivity index (χ1v) is 15.1. The summed E-state index contributed by atoms with van der Waals surface area (Å²) >= 11 is 0. The van der Waals surface area contributed by atoms with Gasteiger partial charge < -0.3 is 13.5 Å². The van der Waals surface area contributed by atoms with Gasteiger partial charge in [-0.15, -0.1) is 0 Å². The minimum atomic E-state index is -3.11. The van der Waals surface area contributed by atoms with Crippen LogP contribution in [0.5, 0.6) is 0 Å². The fraction of sp³-hybridized carbons (Fsp3) is 0. The normalized spacial score (nSPS) is 12.1. The van der Waals surface area contributed by atoms with Gasteiger partial charge in [0, 0.05) is 43.1 Å². The Labute approximate surface area is 231 Å². The minimum Gasteiger partial charge on any atom is -0.456 e. The van der Waals surface area contributed by atoms with Gasteiger partial charge in [0.25, 0.3) is 0 Å². The monoisotopic (exact) mass is 533 g/mol. The molecule has 4 heteroatoms. The maximum absolute atomic E-state index is 15.0. The van der Waals surface area contributed by atoms with Crippen LogP contribution in [0.25, 0.3) is 49.4 Å². The Morgan fingerprint density at radius 3 is 1.55 bits per heavy atom. The highest BCUT2D eigenvalue weighted by Crippen LogP contribution is 2.44. The van der Waals surface area contributed by atoms with E-state index < -0.39 is 7.14 Å². The summed E-state index contributed by atoms with van der Waals surface area (Å²) in [6.07, 6.45) is 0. The SMILES string of the molecule is O=P(c1ccccc1)(c1ccccc1)c1ccc2oc3ccc(-n4c5ccccc5c5ccccc54)cc3c2c1. The molecule has 40 heavy (non-hydrogen) atoms. The molecule has 0 spiro atoms. The van der Waals surface area contributed by atoms with Gasteiger partial charge in [0.1, 0.15) is 11.2 Å². The first-order valence-electron chi connectivity index (χ1n) is 13.4. The lowest BCUT2D eigenvalue weighted by molar-refractivity contribution is 0.592. The van der Waals surface area contributed by atoms with E-state index in [-0.39, 0.29) is 0 Å². The minimum absolute atomic E-state index is 0.783. The van der Waals surface area contributed by atoms with Gasteiger partial charge in [-0.25, -0.2) is 0 Å². The zero-order chi connectivity index (χ0) is 26.7. The lowest BCUT2D eigenvalue weighted by Gasteiger charge is -2.20. The molecule has 0 aliphatic heterocycles. The summed E-state index contributed by atoms with van der Waals surface area (Å²) in [6, 6.07) is 49.0. The molecule has 2 aromatic heterocycles. The molecule has 3 nitrogen and oxygen atoms in total. The number of fused-ring (bicyclic) bond motifs is 6. The Morgan fingerprint density at radius 2 is 0.950 bits per heavy atom. The van der Waals surface area contributed by atoms with Crippen molar-refractivity contribution in [1.82, 2.24) is 4.57 Å². The Balaban J connectivity index is 1.38. The van der Waals surface area contributed by atoms with Gasteiger partial charge in [0.15, 0.2) is 7.14 Å². The summed E-state index contributed by atoms with van der Waals surface area (Å²) in [7, 11) is -3.11. The van der Waals surface area contributed by atoms with Crippen LogP contribution in [-0.4, -0.2) is 4.57 Å². The van der Waals surface area contributed by atoms with Gasteiger partial charge in [-0.3, -0.25) is 0 Å². The molecule has 8 aromatic rings. The second-order valence-electron chi connectivity index (χ2n) is 10.1. The molecule has 0 unspecified atom stereocenters. The average Bonchev–Trinajstić information content (AvgIpc) is 3.56. The van der Waals surface area contributed by atoms with Crippen molar-refractivity contribution in [1.29, 1.82) is 0 Å².